The van der Waals surface area contributed by atoms with Gasteiger partial charge in [0, 0.05) is 37.1 Å². The third kappa shape index (κ3) is 15.7. The fourth-order valence-electron chi connectivity index (χ4n) is 9.71. The molecule has 0 spiro atoms. The molecule has 72 heavy (non-hydrogen) atoms. The molecule has 23 nitrogen and oxygen atoms in total. The van der Waals surface area contributed by atoms with Gasteiger partial charge in [-0.1, -0.05) is 45.9 Å². The Kier molecular flexibility index (Phi) is 21.2. The fraction of sp³-hybridized carbons (Fsp3) is 0.681. The highest BCUT2D eigenvalue weighted by atomic mass is 33.1. The standard InChI is InChI=1S/C47H72N12O11S2/c1-57(2)18-8-6-14-31-43(65)56-34(21-27-23-51-30-12-4-3-11-28(27)30)47(69)70-24-39(61)58-19-10-16-37(58)45(67)54-32-13-5-7-17-50-41(63)29(48)25-71-72-26-35(44(66)53-31)52-38(60)22-33(55-42(32)64)46(68)59-20-9-15-36(59)40(49)62/h3-4,11-12,23,28-37,43,51,56,65H,5-10,13-22,24-26,48H2,1-2H3,(H2,49,62)(H,50,63)(H,52,60)(H,53,66)(H,54,67)(H,55,64)/t28?,29?,30?,31?,32?,33?,34?,35?,36?,37-,43?/m0/s1. The quantitative estimate of drug-likeness (QED) is 0.0641. The van der Waals surface area contributed by atoms with Gasteiger partial charge in [0.2, 0.25) is 41.4 Å². The van der Waals surface area contributed by atoms with Crippen LogP contribution < -0.4 is 48.7 Å². The Morgan fingerprint density at radius 2 is 1.60 bits per heavy atom. The lowest BCUT2D eigenvalue weighted by molar-refractivity contribution is -0.155. The molecule has 6 aliphatic rings. The number of esters is 1. The van der Waals surface area contributed by atoms with E-state index in [0.717, 1.165) is 16.4 Å². The van der Waals surface area contributed by atoms with Gasteiger partial charge in [0.15, 0.2) is 6.61 Å². The van der Waals surface area contributed by atoms with Crippen molar-refractivity contribution in [1.82, 2.24) is 51.9 Å². The maximum Gasteiger partial charge on any atom is 0.324 e. The molecular formula is C47H72N12O11S2. The van der Waals surface area contributed by atoms with Crippen LogP contribution in [0.25, 0.3) is 0 Å². The molecule has 1 aliphatic carbocycles. The van der Waals surface area contributed by atoms with E-state index in [2.05, 4.69) is 37.2 Å². The van der Waals surface area contributed by atoms with Gasteiger partial charge in [-0.2, -0.15) is 0 Å². The minimum Gasteiger partial charge on any atom is -0.454 e. The van der Waals surface area contributed by atoms with Crippen LogP contribution in [0.1, 0.15) is 77.0 Å². The first kappa shape index (κ1) is 56.1. The van der Waals surface area contributed by atoms with Crippen LogP contribution in [-0.2, 0) is 47.9 Å². The van der Waals surface area contributed by atoms with Crippen LogP contribution in [0.3, 0.4) is 0 Å². The van der Waals surface area contributed by atoms with Crippen molar-refractivity contribution >= 4 is 74.8 Å². The zero-order valence-corrected chi connectivity index (χ0v) is 42.6. The van der Waals surface area contributed by atoms with Crippen molar-refractivity contribution in [3.63, 3.8) is 0 Å². The summed E-state index contributed by atoms with van der Waals surface area (Å²) >= 11 is 0. The van der Waals surface area contributed by atoms with E-state index in [9.17, 15) is 48.3 Å². The van der Waals surface area contributed by atoms with Crippen molar-refractivity contribution in [2.24, 2.45) is 17.4 Å². The van der Waals surface area contributed by atoms with Gasteiger partial charge < -0.3 is 67.9 Å². The Balaban J connectivity index is 1.38. The van der Waals surface area contributed by atoms with Crippen LogP contribution in [0.2, 0.25) is 0 Å². The Morgan fingerprint density at radius 3 is 2.38 bits per heavy atom. The molecule has 11 atom stereocenters. The number of cyclic esters (lactones) is 1. The van der Waals surface area contributed by atoms with Crippen molar-refractivity contribution in [3.8, 4) is 0 Å². The van der Waals surface area contributed by atoms with Crippen molar-refractivity contribution in [1.29, 1.82) is 0 Å². The molecule has 0 radical (unpaired) electrons. The number of ether oxygens (including phenoxy) is 1. The van der Waals surface area contributed by atoms with E-state index >= 15 is 0 Å². The number of nitrogens with one attached hydrogen (secondary N) is 7. The summed E-state index contributed by atoms with van der Waals surface area (Å²) in [6.45, 7) is 0.399. The highest BCUT2D eigenvalue weighted by molar-refractivity contribution is 8.76. The molecule has 5 aliphatic heterocycles. The topological polar surface area (TPSA) is 329 Å². The van der Waals surface area contributed by atoms with Crippen molar-refractivity contribution in [2.45, 2.75) is 138 Å². The number of amides is 8. The number of primary amides is 1. The lowest BCUT2D eigenvalue weighted by Gasteiger charge is -2.32. The number of allylic oxidation sites excluding steroid dienone is 2. The van der Waals surface area contributed by atoms with Crippen molar-refractivity contribution in [3.05, 3.63) is 36.1 Å². The maximum absolute atomic E-state index is 14.6. The molecule has 10 unspecified atom stereocenters. The van der Waals surface area contributed by atoms with Gasteiger partial charge in [-0.3, -0.25) is 48.5 Å². The molecule has 398 valence electrons. The molecule has 5 heterocycles. The summed E-state index contributed by atoms with van der Waals surface area (Å²) in [6.07, 6.45) is 10.7. The molecule has 0 aromatic heterocycles. The van der Waals surface area contributed by atoms with Crippen LogP contribution in [0, 0.1) is 5.92 Å². The number of nitrogens with zero attached hydrogens (tertiary/aromatic N) is 3. The predicted octanol–water partition coefficient (Wildman–Crippen LogP) is -2.65. The molecule has 2 bridgehead atoms. The summed E-state index contributed by atoms with van der Waals surface area (Å²) in [5, 5.41) is 32.2. The number of carbonyl (C=O) groups is 9. The summed E-state index contributed by atoms with van der Waals surface area (Å²) in [4.78, 5) is 130. The molecule has 8 amide bonds. The van der Waals surface area contributed by atoms with Gasteiger partial charge in [-0.25, -0.2) is 0 Å². The number of nitrogens with two attached hydrogens (primary N) is 2. The maximum atomic E-state index is 14.6. The predicted molar refractivity (Wildman–Crippen MR) is 268 cm³/mol. The van der Waals surface area contributed by atoms with E-state index in [1.54, 1.807) is 6.20 Å². The zero-order valence-electron chi connectivity index (χ0n) is 41.0. The summed E-state index contributed by atoms with van der Waals surface area (Å²) in [7, 11) is 6.17. The first-order chi connectivity index (χ1) is 34.5. The van der Waals surface area contributed by atoms with E-state index in [0.29, 0.717) is 38.6 Å². The molecule has 25 heteroatoms. The van der Waals surface area contributed by atoms with Gasteiger partial charge in [-0.05, 0) is 103 Å². The fourth-order valence-corrected chi connectivity index (χ4v) is 12.0. The van der Waals surface area contributed by atoms with Crippen molar-refractivity contribution in [2.75, 3.05) is 58.4 Å². The molecule has 4 fully saturated rings. The minimum atomic E-state index is -1.59. The molecule has 4 saturated heterocycles. The van der Waals surface area contributed by atoms with Crippen LogP contribution in [0.15, 0.2) is 36.1 Å². The average Bonchev–Trinajstić information content (AvgIpc) is 4.14. The third-order valence-corrected chi connectivity index (χ3v) is 16.1. The van der Waals surface area contributed by atoms with Crippen LogP contribution in [0.5, 0.6) is 0 Å². The minimum absolute atomic E-state index is 0.00341. The van der Waals surface area contributed by atoms with Crippen LogP contribution in [0.4, 0.5) is 0 Å². The second kappa shape index (κ2) is 27.2. The normalized spacial score (nSPS) is 32.0. The number of fused-ring (bicyclic) bond motifs is 9. The highest BCUT2D eigenvalue weighted by Gasteiger charge is 2.42. The molecule has 0 aromatic rings. The van der Waals surface area contributed by atoms with Gasteiger partial charge in [-0.15, -0.1) is 0 Å². The highest BCUT2D eigenvalue weighted by Crippen LogP contribution is 2.30. The van der Waals surface area contributed by atoms with E-state index < -0.39 is 121 Å². The number of likely N-dealkylation sites (tertiary alicyclic amines) is 1. The molecule has 6 rings (SSSR count). The first-order valence-electron chi connectivity index (χ1n) is 24.9. The number of unbranched alkanes of at least 4 members (excludes halogenated alkanes) is 1. The lowest BCUT2D eigenvalue weighted by Crippen LogP contribution is -2.60. The molecule has 12 N–H and O–H groups in total. The second-order valence-corrected chi connectivity index (χ2v) is 21.9. The Labute approximate surface area is 427 Å². The SMILES string of the molecule is CN(C)CCCCC1NC(=O)C2CSSCC(N)C(=O)NCCCCC(NC(=O)[C@@H]3CCCN3C(=O)COC(=O)C(CC3=CNC4C=CC=CC34)NC1O)C(=O)NC(C(=O)N1CCCC1C(N)=O)CC(=O)N2. The Hall–Kier alpha value is -5.21. The first-order valence-corrected chi connectivity index (χ1v) is 27.4. The monoisotopic (exact) mass is 1040 g/mol. The summed E-state index contributed by atoms with van der Waals surface area (Å²) < 4.78 is 5.69. The molecular weight excluding hydrogens is 973 g/mol. The van der Waals surface area contributed by atoms with Gasteiger partial charge in [0.05, 0.1) is 24.5 Å². The number of hydrogen-bond acceptors (Lipinski definition) is 17. The van der Waals surface area contributed by atoms with Crippen molar-refractivity contribution < 1.29 is 53.0 Å². The van der Waals surface area contributed by atoms with E-state index in [-0.39, 0.29) is 81.6 Å². The van der Waals surface area contributed by atoms with E-state index in [4.69, 9.17) is 16.2 Å². The lowest BCUT2D eigenvalue weighted by atomic mass is 9.88. The largest absolute Gasteiger partial charge is 0.454 e. The van der Waals surface area contributed by atoms with E-state index in [1.807, 2.05) is 43.3 Å². The molecule has 0 aromatic carbocycles. The number of rotatable bonds is 9. The number of carbonyl (C=O) groups excluding carboxylic acids is 9. The van der Waals surface area contributed by atoms with Gasteiger partial charge in [0.1, 0.15) is 42.5 Å². The van der Waals surface area contributed by atoms with Crippen LogP contribution >= 0.6 is 21.6 Å². The van der Waals surface area contributed by atoms with E-state index in [1.165, 1.54) is 20.6 Å². The summed E-state index contributed by atoms with van der Waals surface area (Å²) in [5.41, 5.74) is 12.7. The van der Waals surface area contributed by atoms with Crippen LogP contribution in [-0.4, -0.2) is 192 Å². The number of aliphatic hydroxyl groups excluding tert-OH is 1. The molecule has 0 saturated carbocycles. The summed E-state index contributed by atoms with van der Waals surface area (Å²) in [6, 6.07) is -9.62. The Morgan fingerprint density at radius 1 is 0.847 bits per heavy atom. The Bertz CT molecular complexity index is 2100. The zero-order chi connectivity index (χ0) is 51.9. The van der Waals surface area contributed by atoms with Gasteiger partial charge >= 0.3 is 5.97 Å². The average molecular weight is 1050 g/mol. The summed E-state index contributed by atoms with van der Waals surface area (Å²) in [5.74, 6) is -6.67. The third-order valence-electron chi connectivity index (χ3n) is 13.7. The van der Waals surface area contributed by atoms with Gasteiger partial charge in [0.25, 0.3) is 5.91 Å². The number of hydrogen-bond donors (Lipinski definition) is 10. The second-order valence-electron chi connectivity index (χ2n) is 19.3. The number of aliphatic hydroxyl groups is 1. The smallest absolute Gasteiger partial charge is 0.324 e.